The zero-order chi connectivity index (χ0) is 13.2. The molecule has 0 radical (unpaired) electrons. The highest BCUT2D eigenvalue weighted by molar-refractivity contribution is 4.99. The minimum absolute atomic E-state index is 0.117. The Bertz CT molecular complexity index is 431. The second-order valence-corrected chi connectivity index (χ2v) is 5.90. The van der Waals surface area contributed by atoms with Gasteiger partial charge in [-0.25, -0.2) is 0 Å². The maximum Gasteiger partial charge on any atom is 0.147 e. The molecule has 5 heteroatoms. The van der Waals surface area contributed by atoms with Gasteiger partial charge in [0, 0.05) is 26.1 Å². The van der Waals surface area contributed by atoms with Crippen molar-refractivity contribution in [2.45, 2.75) is 58.2 Å². The molecule has 0 aliphatic carbocycles. The van der Waals surface area contributed by atoms with Crippen LogP contribution in [0.4, 0.5) is 0 Å². The van der Waals surface area contributed by atoms with Crippen LogP contribution in [-0.2, 0) is 19.5 Å². The number of aliphatic hydroxyl groups is 1. The van der Waals surface area contributed by atoms with Crippen LogP contribution in [0, 0.1) is 5.92 Å². The molecule has 1 fully saturated rings. The van der Waals surface area contributed by atoms with Crippen LogP contribution in [0.2, 0.25) is 0 Å². The van der Waals surface area contributed by atoms with Gasteiger partial charge in [-0.1, -0.05) is 6.92 Å². The minimum Gasteiger partial charge on any atom is -0.393 e. The Labute approximate surface area is 114 Å². The lowest BCUT2D eigenvalue weighted by molar-refractivity contribution is 0.0208. The second kappa shape index (κ2) is 5.59. The van der Waals surface area contributed by atoms with E-state index in [4.69, 9.17) is 0 Å². The van der Waals surface area contributed by atoms with E-state index in [1.165, 1.54) is 12.8 Å². The molecule has 106 valence electrons. The Morgan fingerprint density at radius 2 is 2.16 bits per heavy atom. The number of hydrogen-bond acceptors (Lipinski definition) is 4. The van der Waals surface area contributed by atoms with Crippen LogP contribution in [-0.4, -0.2) is 44.0 Å². The average Bonchev–Trinajstić information content (AvgIpc) is 2.84. The van der Waals surface area contributed by atoms with Crippen molar-refractivity contribution in [1.82, 2.24) is 19.7 Å². The number of fused-ring (bicyclic) bond motifs is 1. The van der Waals surface area contributed by atoms with Crippen LogP contribution in [0.15, 0.2) is 0 Å². The number of aliphatic hydroxyl groups excluding tert-OH is 1. The fourth-order valence-corrected chi connectivity index (χ4v) is 3.33. The van der Waals surface area contributed by atoms with E-state index in [-0.39, 0.29) is 6.10 Å². The van der Waals surface area contributed by atoms with E-state index >= 15 is 0 Å². The van der Waals surface area contributed by atoms with Gasteiger partial charge in [-0.15, -0.1) is 10.2 Å². The highest BCUT2D eigenvalue weighted by atomic mass is 16.3. The fourth-order valence-electron chi connectivity index (χ4n) is 3.33. The van der Waals surface area contributed by atoms with Gasteiger partial charge in [-0.2, -0.15) is 0 Å². The standard InChI is InChI=1S/C14H24N4O/c1-2-11-9-17(8-6-12(11)19)10-14-16-15-13-5-3-4-7-18(13)14/h11-12,19H,2-10H2,1H3. The lowest BCUT2D eigenvalue weighted by Gasteiger charge is -2.35. The Balaban J connectivity index is 1.67. The summed E-state index contributed by atoms with van der Waals surface area (Å²) in [6, 6.07) is 0. The van der Waals surface area contributed by atoms with Gasteiger partial charge in [0.25, 0.3) is 0 Å². The summed E-state index contributed by atoms with van der Waals surface area (Å²) < 4.78 is 2.30. The van der Waals surface area contributed by atoms with Gasteiger partial charge < -0.3 is 9.67 Å². The normalized spacial score (nSPS) is 28.3. The Morgan fingerprint density at radius 1 is 1.26 bits per heavy atom. The van der Waals surface area contributed by atoms with E-state index < -0.39 is 0 Å². The highest BCUT2D eigenvalue weighted by Gasteiger charge is 2.27. The molecule has 0 bridgehead atoms. The van der Waals surface area contributed by atoms with Crippen molar-refractivity contribution in [3.05, 3.63) is 11.6 Å². The number of hydrogen-bond donors (Lipinski definition) is 1. The molecular formula is C14H24N4O. The second-order valence-electron chi connectivity index (χ2n) is 5.90. The molecule has 0 aromatic carbocycles. The molecule has 1 aromatic heterocycles. The molecule has 2 aliphatic rings. The van der Waals surface area contributed by atoms with Gasteiger partial charge in [0.1, 0.15) is 11.6 Å². The largest absolute Gasteiger partial charge is 0.393 e. The Morgan fingerprint density at radius 3 is 3.00 bits per heavy atom. The third-order valence-corrected chi connectivity index (χ3v) is 4.60. The summed E-state index contributed by atoms with van der Waals surface area (Å²) in [4.78, 5) is 2.42. The van der Waals surface area contributed by atoms with Crippen molar-refractivity contribution in [2.75, 3.05) is 13.1 Å². The monoisotopic (exact) mass is 264 g/mol. The first-order chi connectivity index (χ1) is 9.28. The van der Waals surface area contributed by atoms with Crippen molar-refractivity contribution in [1.29, 1.82) is 0 Å². The molecular weight excluding hydrogens is 240 g/mol. The average molecular weight is 264 g/mol. The SMILES string of the molecule is CCC1CN(Cc2nnc3n2CCCC3)CCC1O. The molecule has 19 heavy (non-hydrogen) atoms. The first-order valence-electron chi connectivity index (χ1n) is 7.59. The van der Waals surface area contributed by atoms with Crippen LogP contribution in [0.1, 0.15) is 44.3 Å². The first kappa shape index (κ1) is 13.1. The molecule has 3 heterocycles. The van der Waals surface area contributed by atoms with Gasteiger partial charge in [0.15, 0.2) is 0 Å². The number of nitrogens with zero attached hydrogens (tertiary/aromatic N) is 4. The Hall–Kier alpha value is -0.940. The van der Waals surface area contributed by atoms with Gasteiger partial charge in [0.2, 0.25) is 0 Å². The molecule has 3 rings (SSSR count). The molecule has 2 aliphatic heterocycles. The Kier molecular flexibility index (Phi) is 3.84. The van der Waals surface area contributed by atoms with Crippen molar-refractivity contribution in [3.8, 4) is 0 Å². The predicted molar refractivity (Wildman–Crippen MR) is 72.6 cm³/mol. The first-order valence-corrected chi connectivity index (χ1v) is 7.59. The number of aromatic nitrogens is 3. The number of rotatable bonds is 3. The number of aryl methyl sites for hydroxylation is 1. The zero-order valence-electron chi connectivity index (χ0n) is 11.8. The van der Waals surface area contributed by atoms with Crippen LogP contribution in [0.3, 0.4) is 0 Å². The van der Waals surface area contributed by atoms with Crippen molar-refractivity contribution in [3.63, 3.8) is 0 Å². The molecule has 0 saturated carbocycles. The minimum atomic E-state index is -0.117. The smallest absolute Gasteiger partial charge is 0.147 e. The molecule has 0 amide bonds. The maximum atomic E-state index is 9.95. The van der Waals surface area contributed by atoms with Gasteiger partial charge in [-0.3, -0.25) is 4.90 Å². The summed E-state index contributed by atoms with van der Waals surface area (Å²) in [5.41, 5.74) is 0. The van der Waals surface area contributed by atoms with Crippen LogP contribution >= 0.6 is 0 Å². The van der Waals surface area contributed by atoms with Crippen molar-refractivity contribution >= 4 is 0 Å². The molecule has 2 unspecified atom stereocenters. The van der Waals surface area contributed by atoms with Crippen LogP contribution in [0.5, 0.6) is 0 Å². The van der Waals surface area contributed by atoms with E-state index in [0.717, 1.165) is 57.1 Å². The van der Waals surface area contributed by atoms with Gasteiger partial charge >= 0.3 is 0 Å². The third kappa shape index (κ3) is 2.67. The maximum absolute atomic E-state index is 9.95. The zero-order valence-corrected chi connectivity index (χ0v) is 11.8. The van der Waals surface area contributed by atoms with Crippen LogP contribution in [0.25, 0.3) is 0 Å². The van der Waals surface area contributed by atoms with E-state index in [1.807, 2.05) is 0 Å². The summed E-state index contributed by atoms with van der Waals surface area (Å²) in [5, 5.41) is 18.6. The van der Waals surface area contributed by atoms with E-state index in [9.17, 15) is 5.11 Å². The molecule has 1 N–H and O–H groups in total. The molecule has 1 aromatic rings. The van der Waals surface area contributed by atoms with E-state index in [2.05, 4.69) is 26.6 Å². The lowest BCUT2D eigenvalue weighted by Crippen LogP contribution is -2.42. The topological polar surface area (TPSA) is 54.2 Å². The number of piperidine rings is 1. The molecule has 5 nitrogen and oxygen atoms in total. The van der Waals surface area contributed by atoms with Crippen molar-refractivity contribution < 1.29 is 5.11 Å². The quantitative estimate of drug-likeness (QED) is 0.891. The van der Waals surface area contributed by atoms with Gasteiger partial charge in [0.05, 0.1) is 12.6 Å². The van der Waals surface area contributed by atoms with Crippen molar-refractivity contribution in [2.24, 2.45) is 5.92 Å². The summed E-state index contributed by atoms with van der Waals surface area (Å²) in [6.07, 6.45) is 5.38. The van der Waals surface area contributed by atoms with E-state index in [0.29, 0.717) is 5.92 Å². The number of likely N-dealkylation sites (tertiary alicyclic amines) is 1. The summed E-state index contributed by atoms with van der Waals surface area (Å²) in [6.45, 7) is 6.08. The summed E-state index contributed by atoms with van der Waals surface area (Å²) in [7, 11) is 0. The molecule has 0 spiro atoms. The van der Waals surface area contributed by atoms with Crippen LogP contribution < -0.4 is 0 Å². The van der Waals surface area contributed by atoms with E-state index in [1.54, 1.807) is 0 Å². The van der Waals surface area contributed by atoms with Gasteiger partial charge in [-0.05, 0) is 31.6 Å². The predicted octanol–water partition coefficient (Wildman–Crippen LogP) is 1.21. The lowest BCUT2D eigenvalue weighted by atomic mass is 9.92. The summed E-state index contributed by atoms with van der Waals surface area (Å²) in [5.74, 6) is 2.68. The molecule has 2 atom stereocenters. The summed E-state index contributed by atoms with van der Waals surface area (Å²) >= 11 is 0. The molecule has 1 saturated heterocycles. The highest BCUT2D eigenvalue weighted by Crippen LogP contribution is 2.22. The fraction of sp³-hybridized carbons (Fsp3) is 0.857. The third-order valence-electron chi connectivity index (χ3n) is 4.60.